The number of carbonyl (C=O) groups excluding carboxylic acids is 3. The highest BCUT2D eigenvalue weighted by Gasteiger charge is 2.12. The van der Waals surface area contributed by atoms with E-state index < -0.39 is 18.5 Å². The molecule has 6 nitrogen and oxygen atoms in total. The Bertz CT molecular complexity index is 916. The van der Waals surface area contributed by atoms with E-state index in [4.69, 9.17) is 27.9 Å². The van der Waals surface area contributed by atoms with Crippen molar-refractivity contribution >= 4 is 52.4 Å². The standard InChI is InChI=1S/C21H22Cl2N2O4/c1-13-9-10-14(2)17(11-13)25-18(26)7-4-8-20(28)29-12-19(27)24-16-6-3-5-15(22)21(16)23/h3,5-6,9-11H,4,7-8,12H2,1-2H3,(H,24,27)(H,25,26). The van der Waals surface area contributed by atoms with Gasteiger partial charge >= 0.3 is 5.97 Å². The maximum absolute atomic E-state index is 12.0. The minimum Gasteiger partial charge on any atom is -0.456 e. The number of hydrogen-bond donors (Lipinski definition) is 2. The highest BCUT2D eigenvalue weighted by atomic mass is 35.5. The number of anilines is 2. The van der Waals surface area contributed by atoms with Crippen LogP contribution in [0.2, 0.25) is 10.0 Å². The molecule has 2 amide bonds. The summed E-state index contributed by atoms with van der Waals surface area (Å²) in [5.41, 5.74) is 3.11. The van der Waals surface area contributed by atoms with Crippen LogP contribution < -0.4 is 10.6 Å². The smallest absolute Gasteiger partial charge is 0.306 e. The summed E-state index contributed by atoms with van der Waals surface area (Å²) in [5.74, 6) is -1.27. The van der Waals surface area contributed by atoms with Crippen LogP contribution in [0.15, 0.2) is 36.4 Å². The largest absolute Gasteiger partial charge is 0.456 e. The van der Waals surface area contributed by atoms with Gasteiger partial charge in [0.05, 0.1) is 15.7 Å². The predicted octanol–water partition coefficient (Wildman–Crippen LogP) is 4.90. The van der Waals surface area contributed by atoms with Crippen molar-refractivity contribution in [3.05, 3.63) is 57.6 Å². The molecule has 154 valence electrons. The van der Waals surface area contributed by atoms with Crippen molar-refractivity contribution in [1.29, 1.82) is 0 Å². The third-order valence-corrected chi connectivity index (χ3v) is 4.86. The number of ether oxygens (including phenoxy) is 1. The van der Waals surface area contributed by atoms with Crippen molar-refractivity contribution in [1.82, 2.24) is 0 Å². The molecule has 0 saturated heterocycles. The number of rotatable bonds is 8. The molecule has 0 aliphatic rings. The summed E-state index contributed by atoms with van der Waals surface area (Å²) in [6.07, 6.45) is 0.523. The van der Waals surface area contributed by atoms with Gasteiger partial charge in [-0.3, -0.25) is 14.4 Å². The molecule has 0 aliphatic heterocycles. The number of hydrogen-bond acceptors (Lipinski definition) is 4. The minimum absolute atomic E-state index is 0.0332. The van der Waals surface area contributed by atoms with Gasteiger partial charge in [0.2, 0.25) is 5.91 Å². The van der Waals surface area contributed by atoms with Gasteiger partial charge in [-0.1, -0.05) is 41.4 Å². The van der Waals surface area contributed by atoms with Gasteiger partial charge in [-0.2, -0.15) is 0 Å². The van der Waals surface area contributed by atoms with E-state index in [0.29, 0.717) is 17.1 Å². The Balaban J connectivity index is 1.69. The fourth-order valence-corrected chi connectivity index (χ4v) is 2.83. The van der Waals surface area contributed by atoms with E-state index in [1.807, 2.05) is 32.0 Å². The highest BCUT2D eigenvalue weighted by molar-refractivity contribution is 6.44. The van der Waals surface area contributed by atoms with E-state index in [1.165, 1.54) is 0 Å². The Morgan fingerprint density at radius 2 is 1.66 bits per heavy atom. The zero-order valence-electron chi connectivity index (χ0n) is 16.2. The van der Waals surface area contributed by atoms with Crippen molar-refractivity contribution in [3.63, 3.8) is 0 Å². The first-order valence-electron chi connectivity index (χ1n) is 9.03. The highest BCUT2D eigenvalue weighted by Crippen LogP contribution is 2.29. The lowest BCUT2D eigenvalue weighted by atomic mass is 10.1. The molecule has 2 rings (SSSR count). The van der Waals surface area contributed by atoms with Gasteiger partial charge in [-0.15, -0.1) is 0 Å². The number of benzene rings is 2. The second-order valence-electron chi connectivity index (χ2n) is 6.53. The molecular weight excluding hydrogens is 415 g/mol. The van der Waals surface area contributed by atoms with Crippen LogP contribution in [-0.2, 0) is 19.1 Å². The number of nitrogens with one attached hydrogen (secondary N) is 2. The van der Waals surface area contributed by atoms with Gasteiger partial charge in [-0.05, 0) is 49.6 Å². The van der Waals surface area contributed by atoms with E-state index in [2.05, 4.69) is 10.6 Å². The van der Waals surface area contributed by atoms with Crippen LogP contribution in [0.3, 0.4) is 0 Å². The quantitative estimate of drug-likeness (QED) is 0.576. The molecule has 0 bridgehead atoms. The number of halogens is 2. The Morgan fingerprint density at radius 1 is 0.931 bits per heavy atom. The number of carbonyl (C=O) groups is 3. The monoisotopic (exact) mass is 436 g/mol. The van der Waals surface area contributed by atoms with E-state index in [-0.39, 0.29) is 23.8 Å². The van der Waals surface area contributed by atoms with Gasteiger partial charge < -0.3 is 15.4 Å². The lowest BCUT2D eigenvalue weighted by molar-refractivity contribution is -0.147. The molecular formula is C21H22Cl2N2O4. The van der Waals surface area contributed by atoms with Crippen molar-refractivity contribution in [2.45, 2.75) is 33.1 Å². The topological polar surface area (TPSA) is 84.5 Å². The second-order valence-corrected chi connectivity index (χ2v) is 7.32. The summed E-state index contributed by atoms with van der Waals surface area (Å²) in [7, 11) is 0. The van der Waals surface area contributed by atoms with E-state index in [0.717, 1.165) is 16.8 Å². The molecule has 0 saturated carbocycles. The normalized spacial score (nSPS) is 10.3. The molecule has 0 unspecified atom stereocenters. The summed E-state index contributed by atoms with van der Waals surface area (Å²) in [6.45, 7) is 3.41. The Labute approximate surface area is 179 Å². The average Bonchev–Trinajstić information content (AvgIpc) is 2.67. The van der Waals surface area contributed by atoms with Crippen LogP contribution in [0.1, 0.15) is 30.4 Å². The number of amides is 2. The average molecular weight is 437 g/mol. The SMILES string of the molecule is Cc1ccc(C)c(NC(=O)CCCC(=O)OCC(=O)Nc2cccc(Cl)c2Cl)c1. The first-order valence-corrected chi connectivity index (χ1v) is 9.78. The minimum atomic E-state index is -0.558. The molecule has 2 N–H and O–H groups in total. The molecule has 0 atom stereocenters. The summed E-state index contributed by atoms with van der Waals surface area (Å²) in [5, 5.41) is 5.87. The van der Waals surface area contributed by atoms with Crippen LogP contribution in [-0.4, -0.2) is 24.4 Å². The molecule has 0 fully saturated rings. The Kier molecular flexibility index (Phi) is 8.49. The van der Waals surface area contributed by atoms with Gasteiger partial charge in [0.25, 0.3) is 5.91 Å². The van der Waals surface area contributed by atoms with Gasteiger partial charge in [0.15, 0.2) is 6.61 Å². The van der Waals surface area contributed by atoms with Crippen LogP contribution in [0.25, 0.3) is 0 Å². The van der Waals surface area contributed by atoms with Crippen molar-refractivity contribution in [2.24, 2.45) is 0 Å². The first-order chi connectivity index (χ1) is 13.8. The van der Waals surface area contributed by atoms with E-state index in [1.54, 1.807) is 18.2 Å². The molecule has 0 radical (unpaired) electrons. The summed E-state index contributed by atoms with van der Waals surface area (Å²) in [6, 6.07) is 10.6. The lowest BCUT2D eigenvalue weighted by Gasteiger charge is -2.10. The van der Waals surface area contributed by atoms with Crippen LogP contribution in [0, 0.1) is 13.8 Å². The van der Waals surface area contributed by atoms with Crippen molar-refractivity contribution in [3.8, 4) is 0 Å². The van der Waals surface area contributed by atoms with Crippen molar-refractivity contribution < 1.29 is 19.1 Å². The van der Waals surface area contributed by atoms with Crippen LogP contribution in [0.4, 0.5) is 11.4 Å². The second kappa shape index (κ2) is 10.8. The summed E-state index contributed by atoms with van der Waals surface area (Å²) < 4.78 is 4.92. The Morgan fingerprint density at radius 3 is 2.41 bits per heavy atom. The van der Waals surface area contributed by atoms with Gasteiger partial charge in [0.1, 0.15) is 0 Å². The summed E-state index contributed by atoms with van der Waals surface area (Å²) in [4.78, 5) is 35.7. The van der Waals surface area contributed by atoms with E-state index in [9.17, 15) is 14.4 Å². The maximum atomic E-state index is 12.0. The van der Waals surface area contributed by atoms with Gasteiger partial charge in [-0.25, -0.2) is 0 Å². The fourth-order valence-electron chi connectivity index (χ4n) is 2.48. The zero-order chi connectivity index (χ0) is 21.4. The molecule has 0 heterocycles. The third-order valence-electron chi connectivity index (χ3n) is 4.04. The first kappa shape index (κ1) is 22.7. The summed E-state index contributed by atoms with van der Waals surface area (Å²) >= 11 is 11.9. The number of aryl methyl sites for hydroxylation is 2. The maximum Gasteiger partial charge on any atom is 0.306 e. The zero-order valence-corrected chi connectivity index (χ0v) is 17.7. The Hall–Kier alpha value is -2.57. The van der Waals surface area contributed by atoms with Crippen molar-refractivity contribution in [2.75, 3.05) is 17.2 Å². The van der Waals surface area contributed by atoms with Gasteiger partial charge in [0, 0.05) is 18.5 Å². The predicted molar refractivity (Wildman–Crippen MR) is 114 cm³/mol. The number of esters is 1. The molecule has 0 aromatic heterocycles. The molecule has 0 aliphatic carbocycles. The van der Waals surface area contributed by atoms with E-state index >= 15 is 0 Å². The van der Waals surface area contributed by atoms with Crippen LogP contribution >= 0.6 is 23.2 Å². The molecule has 8 heteroatoms. The third kappa shape index (κ3) is 7.40. The lowest BCUT2D eigenvalue weighted by Crippen LogP contribution is -2.21. The fraction of sp³-hybridized carbons (Fsp3) is 0.286. The molecule has 2 aromatic carbocycles. The van der Waals surface area contributed by atoms with Crippen LogP contribution in [0.5, 0.6) is 0 Å². The molecule has 29 heavy (non-hydrogen) atoms. The molecule has 0 spiro atoms. The molecule has 2 aromatic rings.